The Morgan fingerprint density at radius 3 is 2.72 bits per heavy atom. The van der Waals surface area contributed by atoms with Gasteiger partial charge in [-0.15, -0.1) is 0 Å². The molecule has 98 valence electrons. The van der Waals surface area contributed by atoms with E-state index in [-0.39, 0.29) is 12.1 Å². The predicted molar refractivity (Wildman–Crippen MR) is 72.0 cm³/mol. The van der Waals surface area contributed by atoms with E-state index in [9.17, 15) is 9.90 Å². The van der Waals surface area contributed by atoms with Gasteiger partial charge in [-0.1, -0.05) is 17.7 Å². The number of hydrogen-bond acceptors (Lipinski definition) is 2. The standard InChI is InChI=1S/C13H17ClN2O2/c1-9-2-3-12(11(14)8-9)15-13(18)16-6-4-10(17)5-7-16/h2-3,8,10,17H,4-7H2,1H3,(H,15,18). The Morgan fingerprint density at radius 1 is 1.44 bits per heavy atom. The molecule has 1 aromatic carbocycles. The van der Waals surface area contributed by atoms with Gasteiger partial charge in [0, 0.05) is 13.1 Å². The molecule has 1 aliphatic rings. The zero-order valence-corrected chi connectivity index (χ0v) is 11.1. The molecule has 1 saturated heterocycles. The Balaban J connectivity index is 1.98. The fourth-order valence-corrected chi connectivity index (χ4v) is 2.27. The molecule has 4 nitrogen and oxygen atoms in total. The lowest BCUT2D eigenvalue weighted by atomic mass is 10.1. The minimum absolute atomic E-state index is 0.160. The van der Waals surface area contributed by atoms with Crippen molar-refractivity contribution in [1.29, 1.82) is 0 Å². The van der Waals surface area contributed by atoms with Crippen molar-refractivity contribution in [1.82, 2.24) is 4.90 Å². The van der Waals surface area contributed by atoms with Crippen molar-refractivity contribution in [2.24, 2.45) is 0 Å². The average molecular weight is 269 g/mol. The molecule has 0 radical (unpaired) electrons. The van der Waals surface area contributed by atoms with Gasteiger partial charge in [-0.3, -0.25) is 0 Å². The van der Waals surface area contributed by atoms with Crippen LogP contribution >= 0.6 is 11.6 Å². The number of nitrogens with one attached hydrogen (secondary N) is 1. The minimum atomic E-state index is -0.281. The van der Waals surface area contributed by atoms with Crippen molar-refractivity contribution in [3.05, 3.63) is 28.8 Å². The summed E-state index contributed by atoms with van der Waals surface area (Å²) in [5.74, 6) is 0. The molecule has 0 atom stereocenters. The third-order valence-corrected chi connectivity index (χ3v) is 3.43. The predicted octanol–water partition coefficient (Wildman–Crippen LogP) is 2.64. The molecule has 0 aromatic heterocycles. The van der Waals surface area contributed by atoms with Crippen LogP contribution < -0.4 is 5.32 Å². The van der Waals surface area contributed by atoms with E-state index in [1.165, 1.54) is 0 Å². The third kappa shape index (κ3) is 3.15. The molecule has 1 heterocycles. The minimum Gasteiger partial charge on any atom is -0.393 e. The van der Waals surface area contributed by atoms with Crippen molar-refractivity contribution in [2.75, 3.05) is 18.4 Å². The number of aliphatic hydroxyl groups is 1. The van der Waals surface area contributed by atoms with Crippen molar-refractivity contribution in [2.45, 2.75) is 25.9 Å². The second kappa shape index (κ2) is 5.59. The SMILES string of the molecule is Cc1ccc(NC(=O)N2CCC(O)CC2)c(Cl)c1. The smallest absolute Gasteiger partial charge is 0.321 e. The van der Waals surface area contributed by atoms with Crippen LogP contribution in [0.25, 0.3) is 0 Å². The molecule has 2 amide bonds. The van der Waals surface area contributed by atoms with E-state index >= 15 is 0 Å². The number of piperidine rings is 1. The molecular formula is C13H17ClN2O2. The first-order chi connectivity index (χ1) is 8.56. The number of hydrogen-bond donors (Lipinski definition) is 2. The Labute approximate surface area is 112 Å². The van der Waals surface area contributed by atoms with E-state index in [4.69, 9.17) is 11.6 Å². The van der Waals surface area contributed by atoms with Crippen molar-refractivity contribution in [3.63, 3.8) is 0 Å². The van der Waals surface area contributed by atoms with Gasteiger partial charge in [-0.2, -0.15) is 0 Å². The summed E-state index contributed by atoms with van der Waals surface area (Å²) in [6.45, 7) is 3.11. The molecule has 1 aliphatic heterocycles. The molecule has 0 spiro atoms. The molecule has 0 aliphatic carbocycles. The largest absolute Gasteiger partial charge is 0.393 e. The van der Waals surface area contributed by atoms with Crippen LogP contribution in [0, 0.1) is 6.92 Å². The summed E-state index contributed by atoms with van der Waals surface area (Å²) in [7, 11) is 0. The van der Waals surface area contributed by atoms with Crippen LogP contribution in [0.15, 0.2) is 18.2 Å². The van der Waals surface area contributed by atoms with E-state index in [0.717, 1.165) is 5.56 Å². The van der Waals surface area contributed by atoms with E-state index in [0.29, 0.717) is 36.6 Å². The molecule has 18 heavy (non-hydrogen) atoms. The molecule has 1 aromatic rings. The number of benzene rings is 1. The number of carbonyl (C=O) groups excluding carboxylic acids is 1. The fourth-order valence-electron chi connectivity index (χ4n) is 1.98. The van der Waals surface area contributed by atoms with Crippen LogP contribution in [0.4, 0.5) is 10.5 Å². The lowest BCUT2D eigenvalue weighted by Gasteiger charge is -2.29. The van der Waals surface area contributed by atoms with Gasteiger partial charge in [0.05, 0.1) is 16.8 Å². The zero-order chi connectivity index (χ0) is 13.1. The molecule has 0 bridgehead atoms. The van der Waals surface area contributed by atoms with Crippen molar-refractivity contribution in [3.8, 4) is 0 Å². The molecule has 2 N–H and O–H groups in total. The number of halogens is 1. The van der Waals surface area contributed by atoms with E-state index < -0.39 is 0 Å². The highest BCUT2D eigenvalue weighted by molar-refractivity contribution is 6.33. The maximum Gasteiger partial charge on any atom is 0.321 e. The molecule has 1 fully saturated rings. The highest BCUT2D eigenvalue weighted by Crippen LogP contribution is 2.23. The third-order valence-electron chi connectivity index (χ3n) is 3.12. The molecule has 0 unspecified atom stereocenters. The first-order valence-electron chi connectivity index (χ1n) is 6.06. The molecule has 0 saturated carbocycles. The second-order valence-electron chi connectivity index (χ2n) is 4.63. The Hall–Kier alpha value is -1.26. The van der Waals surface area contributed by atoms with Gasteiger partial charge in [-0.05, 0) is 37.5 Å². The maximum absolute atomic E-state index is 12.0. The van der Waals surface area contributed by atoms with Gasteiger partial charge >= 0.3 is 6.03 Å². The molecule has 5 heteroatoms. The Morgan fingerprint density at radius 2 is 2.11 bits per heavy atom. The van der Waals surface area contributed by atoms with Gasteiger partial charge in [0.25, 0.3) is 0 Å². The zero-order valence-electron chi connectivity index (χ0n) is 10.3. The Bertz CT molecular complexity index is 443. The molecular weight excluding hydrogens is 252 g/mol. The van der Waals surface area contributed by atoms with Crippen LogP contribution in [0.2, 0.25) is 5.02 Å². The number of likely N-dealkylation sites (tertiary alicyclic amines) is 1. The highest BCUT2D eigenvalue weighted by atomic mass is 35.5. The second-order valence-corrected chi connectivity index (χ2v) is 5.04. The number of aliphatic hydroxyl groups excluding tert-OH is 1. The summed E-state index contributed by atoms with van der Waals surface area (Å²) in [6, 6.07) is 5.36. The highest BCUT2D eigenvalue weighted by Gasteiger charge is 2.21. The van der Waals surface area contributed by atoms with Gasteiger partial charge in [0.1, 0.15) is 0 Å². The van der Waals surface area contributed by atoms with E-state index in [2.05, 4.69) is 5.32 Å². The van der Waals surface area contributed by atoms with Crippen LogP contribution in [-0.4, -0.2) is 35.2 Å². The summed E-state index contributed by atoms with van der Waals surface area (Å²) < 4.78 is 0. The van der Waals surface area contributed by atoms with Gasteiger partial charge in [0.2, 0.25) is 0 Å². The molecule has 2 rings (SSSR count). The summed E-state index contributed by atoms with van der Waals surface area (Å²) in [6.07, 6.45) is 0.987. The summed E-state index contributed by atoms with van der Waals surface area (Å²) in [4.78, 5) is 13.7. The number of nitrogens with zero attached hydrogens (tertiary/aromatic N) is 1. The summed E-state index contributed by atoms with van der Waals surface area (Å²) in [5.41, 5.74) is 1.68. The first-order valence-corrected chi connectivity index (χ1v) is 6.44. The number of aryl methyl sites for hydroxylation is 1. The number of urea groups is 1. The van der Waals surface area contributed by atoms with Crippen molar-refractivity contribution >= 4 is 23.3 Å². The number of amides is 2. The average Bonchev–Trinajstić information content (AvgIpc) is 2.33. The van der Waals surface area contributed by atoms with Crippen LogP contribution in [0.5, 0.6) is 0 Å². The van der Waals surface area contributed by atoms with Crippen LogP contribution in [-0.2, 0) is 0 Å². The monoisotopic (exact) mass is 268 g/mol. The van der Waals surface area contributed by atoms with Gasteiger partial charge < -0.3 is 15.3 Å². The Kier molecular flexibility index (Phi) is 4.09. The van der Waals surface area contributed by atoms with E-state index in [1.807, 2.05) is 19.1 Å². The van der Waals surface area contributed by atoms with Crippen molar-refractivity contribution < 1.29 is 9.90 Å². The lowest BCUT2D eigenvalue weighted by Crippen LogP contribution is -2.42. The van der Waals surface area contributed by atoms with Crippen LogP contribution in [0.3, 0.4) is 0 Å². The topological polar surface area (TPSA) is 52.6 Å². The number of rotatable bonds is 1. The van der Waals surface area contributed by atoms with E-state index in [1.54, 1.807) is 11.0 Å². The van der Waals surface area contributed by atoms with Gasteiger partial charge in [-0.25, -0.2) is 4.79 Å². The summed E-state index contributed by atoms with van der Waals surface area (Å²) >= 11 is 6.06. The van der Waals surface area contributed by atoms with Crippen LogP contribution in [0.1, 0.15) is 18.4 Å². The quantitative estimate of drug-likeness (QED) is 0.823. The summed E-state index contributed by atoms with van der Waals surface area (Å²) in [5, 5.41) is 12.7. The number of carbonyl (C=O) groups is 1. The lowest BCUT2D eigenvalue weighted by molar-refractivity contribution is 0.0972. The fraction of sp³-hybridized carbons (Fsp3) is 0.462. The van der Waals surface area contributed by atoms with Gasteiger partial charge in [0.15, 0.2) is 0 Å². The normalized spacial score (nSPS) is 16.7. The maximum atomic E-state index is 12.0. The first kappa shape index (κ1) is 13.2. The number of anilines is 1.